The summed E-state index contributed by atoms with van der Waals surface area (Å²) >= 11 is 0. The molecule has 2 nitrogen and oxygen atoms in total. The van der Waals surface area contributed by atoms with Gasteiger partial charge in [0.05, 0.1) is 0 Å². The molecule has 1 saturated heterocycles. The summed E-state index contributed by atoms with van der Waals surface area (Å²) in [6.07, 6.45) is 12.0. The predicted molar refractivity (Wildman–Crippen MR) is 57.0 cm³/mol. The van der Waals surface area contributed by atoms with E-state index in [4.69, 9.17) is 4.74 Å². The van der Waals surface area contributed by atoms with E-state index >= 15 is 0 Å². The van der Waals surface area contributed by atoms with Gasteiger partial charge in [-0.2, -0.15) is 0 Å². The van der Waals surface area contributed by atoms with E-state index < -0.39 is 0 Å². The molecule has 0 N–H and O–H groups in total. The minimum atomic E-state index is -0.0503. The van der Waals surface area contributed by atoms with Crippen LogP contribution < -0.4 is 0 Å². The summed E-state index contributed by atoms with van der Waals surface area (Å²) in [4.78, 5) is 10.8. The first-order valence-corrected chi connectivity index (χ1v) is 5.69. The van der Waals surface area contributed by atoms with E-state index in [0.29, 0.717) is 6.42 Å². The summed E-state index contributed by atoms with van der Waals surface area (Å²) in [5.74, 6) is -0.0503. The van der Waals surface area contributed by atoms with Crippen LogP contribution in [0.4, 0.5) is 0 Å². The number of esters is 1. The fourth-order valence-electron chi connectivity index (χ4n) is 1.62. The van der Waals surface area contributed by atoms with Gasteiger partial charge in [-0.05, 0) is 25.3 Å². The highest BCUT2D eigenvalue weighted by molar-refractivity contribution is 5.71. The van der Waals surface area contributed by atoms with Crippen molar-refractivity contribution in [2.24, 2.45) is 0 Å². The number of cyclic esters (lactones) is 1. The first kappa shape index (κ1) is 11.3. The van der Waals surface area contributed by atoms with E-state index in [1.165, 1.54) is 25.7 Å². The largest absolute Gasteiger partial charge is 0.458 e. The molecule has 0 radical (unpaired) electrons. The van der Waals surface area contributed by atoms with Crippen LogP contribution >= 0.6 is 0 Å². The number of unbranched alkanes of at least 4 members (excludes halogenated alkanes) is 4. The lowest BCUT2D eigenvalue weighted by Gasteiger charge is -2.01. The number of carbonyl (C=O) groups excluding carboxylic acids is 1. The number of carbonyl (C=O) groups is 1. The fraction of sp³-hybridized carbons (Fsp3) is 0.750. The van der Waals surface area contributed by atoms with Crippen molar-refractivity contribution in [3.05, 3.63) is 12.2 Å². The van der Waals surface area contributed by atoms with E-state index in [-0.39, 0.29) is 12.1 Å². The number of rotatable bonds is 6. The second-order valence-corrected chi connectivity index (χ2v) is 3.84. The molecule has 0 aromatic heterocycles. The average molecular weight is 196 g/mol. The number of allylic oxidation sites excluding steroid dienone is 1. The monoisotopic (exact) mass is 196 g/mol. The van der Waals surface area contributed by atoms with Crippen molar-refractivity contribution in [3.63, 3.8) is 0 Å². The van der Waals surface area contributed by atoms with Crippen LogP contribution in [0.25, 0.3) is 0 Å². The van der Waals surface area contributed by atoms with Crippen molar-refractivity contribution in [2.75, 3.05) is 0 Å². The summed E-state index contributed by atoms with van der Waals surface area (Å²) in [5, 5.41) is 0. The van der Waals surface area contributed by atoms with Crippen LogP contribution in [0.15, 0.2) is 12.2 Å². The second kappa shape index (κ2) is 6.63. The topological polar surface area (TPSA) is 26.3 Å². The Labute approximate surface area is 86.3 Å². The van der Waals surface area contributed by atoms with Crippen LogP contribution in [0, 0.1) is 0 Å². The molecule has 0 saturated carbocycles. The summed E-state index contributed by atoms with van der Waals surface area (Å²) in [5.41, 5.74) is 0. The second-order valence-electron chi connectivity index (χ2n) is 3.84. The Hall–Kier alpha value is -0.790. The first-order chi connectivity index (χ1) is 6.83. The van der Waals surface area contributed by atoms with Crippen LogP contribution in [0.1, 0.15) is 51.9 Å². The van der Waals surface area contributed by atoms with Gasteiger partial charge in [0, 0.05) is 6.42 Å². The first-order valence-electron chi connectivity index (χ1n) is 5.69. The zero-order valence-corrected chi connectivity index (χ0v) is 9.00. The van der Waals surface area contributed by atoms with Gasteiger partial charge in [0.1, 0.15) is 6.10 Å². The van der Waals surface area contributed by atoms with Gasteiger partial charge in [-0.3, -0.25) is 4.79 Å². The van der Waals surface area contributed by atoms with E-state index in [2.05, 4.69) is 13.0 Å². The molecule has 14 heavy (non-hydrogen) atoms. The van der Waals surface area contributed by atoms with Crippen LogP contribution in [0.5, 0.6) is 0 Å². The minimum absolute atomic E-state index is 0.0503. The Kier molecular flexibility index (Phi) is 5.35. The van der Waals surface area contributed by atoms with Gasteiger partial charge in [0.25, 0.3) is 0 Å². The van der Waals surface area contributed by atoms with Crippen molar-refractivity contribution in [2.45, 2.75) is 58.0 Å². The molecule has 1 aliphatic rings. The highest BCUT2D eigenvalue weighted by atomic mass is 16.5. The number of hydrogen-bond acceptors (Lipinski definition) is 2. The lowest BCUT2D eigenvalue weighted by molar-refractivity contribution is -0.139. The van der Waals surface area contributed by atoms with E-state index in [1.54, 1.807) is 0 Å². The molecule has 0 aliphatic carbocycles. The Morgan fingerprint density at radius 1 is 1.43 bits per heavy atom. The molecular weight excluding hydrogens is 176 g/mol. The predicted octanol–water partition coefficient (Wildman–Crippen LogP) is 3.22. The fourth-order valence-corrected chi connectivity index (χ4v) is 1.62. The highest BCUT2D eigenvalue weighted by Crippen LogP contribution is 2.15. The maximum absolute atomic E-state index is 10.8. The average Bonchev–Trinajstić information content (AvgIpc) is 2.58. The quantitative estimate of drug-likeness (QED) is 0.370. The Bertz CT molecular complexity index is 196. The van der Waals surface area contributed by atoms with Gasteiger partial charge >= 0.3 is 5.97 Å². The van der Waals surface area contributed by atoms with Gasteiger partial charge in [0.15, 0.2) is 0 Å². The third kappa shape index (κ3) is 4.45. The van der Waals surface area contributed by atoms with Gasteiger partial charge in [-0.1, -0.05) is 32.3 Å². The highest BCUT2D eigenvalue weighted by Gasteiger charge is 2.19. The molecule has 80 valence electrons. The molecule has 1 fully saturated rings. The van der Waals surface area contributed by atoms with Gasteiger partial charge in [0.2, 0.25) is 0 Å². The third-order valence-corrected chi connectivity index (χ3v) is 2.49. The smallest absolute Gasteiger partial charge is 0.306 e. The molecule has 0 bridgehead atoms. The number of ether oxygens (including phenoxy) is 1. The van der Waals surface area contributed by atoms with Crippen LogP contribution in [0.3, 0.4) is 0 Å². The lowest BCUT2D eigenvalue weighted by Crippen LogP contribution is -2.01. The lowest BCUT2D eigenvalue weighted by atomic mass is 10.1. The summed E-state index contributed by atoms with van der Waals surface area (Å²) in [7, 11) is 0. The summed E-state index contributed by atoms with van der Waals surface area (Å²) < 4.78 is 5.06. The maximum Gasteiger partial charge on any atom is 0.306 e. The van der Waals surface area contributed by atoms with Crippen molar-refractivity contribution >= 4 is 5.97 Å². The summed E-state index contributed by atoms with van der Waals surface area (Å²) in [6, 6.07) is 0. The molecule has 1 rings (SSSR count). The number of hydrogen-bond donors (Lipinski definition) is 0. The van der Waals surface area contributed by atoms with E-state index in [9.17, 15) is 4.79 Å². The maximum atomic E-state index is 10.8. The van der Waals surface area contributed by atoms with Crippen molar-refractivity contribution < 1.29 is 9.53 Å². The Balaban J connectivity index is 2.00. The summed E-state index contributed by atoms with van der Waals surface area (Å²) in [6.45, 7) is 2.22. The van der Waals surface area contributed by atoms with Crippen molar-refractivity contribution in [1.82, 2.24) is 0 Å². The minimum Gasteiger partial charge on any atom is -0.458 e. The molecule has 2 heteroatoms. The van der Waals surface area contributed by atoms with Crippen LogP contribution in [0.2, 0.25) is 0 Å². The van der Waals surface area contributed by atoms with Gasteiger partial charge in [-0.15, -0.1) is 0 Å². The molecule has 0 amide bonds. The van der Waals surface area contributed by atoms with Gasteiger partial charge < -0.3 is 4.74 Å². The van der Waals surface area contributed by atoms with Crippen molar-refractivity contribution in [3.8, 4) is 0 Å². The van der Waals surface area contributed by atoms with Crippen molar-refractivity contribution in [1.29, 1.82) is 0 Å². The SMILES string of the molecule is CCCCCC/C=C\[C@@H]1CCC(=O)O1. The third-order valence-electron chi connectivity index (χ3n) is 2.49. The molecule has 1 aliphatic heterocycles. The molecule has 0 unspecified atom stereocenters. The van der Waals surface area contributed by atoms with Crippen LogP contribution in [-0.4, -0.2) is 12.1 Å². The molecule has 0 spiro atoms. The Morgan fingerprint density at radius 3 is 2.93 bits per heavy atom. The van der Waals surface area contributed by atoms with E-state index in [0.717, 1.165) is 12.8 Å². The molecule has 0 aromatic rings. The molecule has 1 atom stereocenters. The zero-order chi connectivity index (χ0) is 10.2. The Morgan fingerprint density at radius 2 is 2.29 bits per heavy atom. The molecule has 0 aromatic carbocycles. The normalized spacial score (nSPS) is 21.8. The standard InChI is InChI=1S/C12H20O2/c1-2-3-4-5-6-7-8-11-9-10-12(13)14-11/h7-8,11H,2-6,9-10H2,1H3/b8-7-/t11-/m1/s1. The molecular formula is C12H20O2. The van der Waals surface area contributed by atoms with Crippen LogP contribution in [-0.2, 0) is 9.53 Å². The van der Waals surface area contributed by atoms with E-state index in [1.807, 2.05) is 6.08 Å². The zero-order valence-electron chi connectivity index (χ0n) is 9.00. The molecule has 1 heterocycles. The van der Waals surface area contributed by atoms with Gasteiger partial charge in [-0.25, -0.2) is 0 Å².